The Labute approximate surface area is 192 Å². The van der Waals surface area contributed by atoms with Crippen LogP contribution in [-0.2, 0) is 11.3 Å². The third-order valence-corrected chi connectivity index (χ3v) is 4.25. The summed E-state index contributed by atoms with van der Waals surface area (Å²) in [5.41, 5.74) is 0.473. The first-order valence-corrected chi connectivity index (χ1v) is 10.8. The summed E-state index contributed by atoms with van der Waals surface area (Å²) in [5.74, 6) is 0.496. The molecule has 9 heteroatoms. The van der Waals surface area contributed by atoms with Gasteiger partial charge in [-0.2, -0.15) is 0 Å². The number of carbonyl (C=O) groups is 2. The Bertz CT molecular complexity index is 784. The summed E-state index contributed by atoms with van der Waals surface area (Å²) in [7, 11) is 5.61. The van der Waals surface area contributed by atoms with E-state index in [9.17, 15) is 9.59 Å². The lowest BCUT2D eigenvalue weighted by atomic mass is 10.1. The molecule has 4 N–H and O–H groups in total. The number of nitrogens with one attached hydrogen (secondary N) is 4. The molecule has 0 saturated carbocycles. The minimum Gasteiger partial charge on any atom is -0.444 e. The third-order valence-electron chi connectivity index (χ3n) is 4.25. The predicted octanol–water partition coefficient (Wildman–Crippen LogP) is 1.95. The van der Waals surface area contributed by atoms with Crippen molar-refractivity contribution in [2.45, 2.75) is 52.3 Å². The van der Waals surface area contributed by atoms with E-state index in [4.69, 9.17) is 4.74 Å². The number of carbonyl (C=O) groups excluding carboxylic acids is 2. The van der Waals surface area contributed by atoms with Crippen molar-refractivity contribution in [3.8, 4) is 0 Å². The smallest absolute Gasteiger partial charge is 0.408 e. The number of hydrogen-bond donors (Lipinski definition) is 4. The van der Waals surface area contributed by atoms with E-state index >= 15 is 0 Å². The van der Waals surface area contributed by atoms with Crippen LogP contribution in [0.3, 0.4) is 0 Å². The summed E-state index contributed by atoms with van der Waals surface area (Å²) < 4.78 is 5.32. The molecular formula is C23H40N6O3. The summed E-state index contributed by atoms with van der Waals surface area (Å²) >= 11 is 0. The van der Waals surface area contributed by atoms with E-state index < -0.39 is 17.2 Å². The highest BCUT2D eigenvalue weighted by atomic mass is 16.6. The van der Waals surface area contributed by atoms with Crippen molar-refractivity contribution in [2.24, 2.45) is 4.99 Å². The zero-order valence-corrected chi connectivity index (χ0v) is 20.8. The van der Waals surface area contributed by atoms with Crippen LogP contribution in [-0.4, -0.2) is 74.8 Å². The second-order valence-corrected chi connectivity index (χ2v) is 9.55. The predicted molar refractivity (Wildman–Crippen MR) is 129 cm³/mol. The second kappa shape index (κ2) is 12.3. The summed E-state index contributed by atoms with van der Waals surface area (Å²) in [6.07, 6.45) is -0.465. The Morgan fingerprint density at radius 3 is 2.34 bits per heavy atom. The van der Waals surface area contributed by atoms with Gasteiger partial charge in [-0.1, -0.05) is 12.1 Å². The molecule has 0 aromatic heterocycles. The summed E-state index contributed by atoms with van der Waals surface area (Å²) in [4.78, 5) is 30.6. The average Bonchev–Trinajstić information content (AvgIpc) is 2.66. The molecule has 0 aliphatic rings. The highest BCUT2D eigenvalue weighted by Gasteiger charge is 2.24. The Hall–Kier alpha value is -2.81. The zero-order valence-electron chi connectivity index (χ0n) is 20.8. The molecule has 2 amide bonds. The van der Waals surface area contributed by atoms with Gasteiger partial charge in [0.15, 0.2) is 5.96 Å². The van der Waals surface area contributed by atoms with Gasteiger partial charge in [-0.15, -0.1) is 0 Å². The van der Waals surface area contributed by atoms with Crippen LogP contribution in [0, 0.1) is 0 Å². The van der Waals surface area contributed by atoms with E-state index in [1.807, 2.05) is 71.8 Å². The highest BCUT2D eigenvalue weighted by Crippen LogP contribution is 2.09. The molecule has 0 spiro atoms. The quantitative estimate of drug-likeness (QED) is 0.340. The Balaban J connectivity index is 2.56. The minimum absolute atomic E-state index is 0.0915. The molecule has 0 unspecified atom stereocenters. The first kappa shape index (κ1) is 27.2. The number of amides is 2. The molecule has 0 atom stereocenters. The van der Waals surface area contributed by atoms with Crippen molar-refractivity contribution >= 4 is 18.0 Å². The van der Waals surface area contributed by atoms with Gasteiger partial charge < -0.3 is 30.9 Å². The Morgan fingerprint density at radius 2 is 1.75 bits per heavy atom. The minimum atomic E-state index is -0.553. The normalized spacial score (nSPS) is 12.3. The molecule has 0 fully saturated rings. The van der Waals surface area contributed by atoms with Crippen molar-refractivity contribution in [1.82, 2.24) is 26.2 Å². The fourth-order valence-electron chi connectivity index (χ4n) is 2.65. The van der Waals surface area contributed by atoms with Crippen LogP contribution in [0.25, 0.3) is 0 Å². The molecule has 9 nitrogen and oxygen atoms in total. The molecule has 32 heavy (non-hydrogen) atoms. The van der Waals surface area contributed by atoms with Crippen LogP contribution < -0.4 is 21.3 Å². The first-order valence-electron chi connectivity index (χ1n) is 10.8. The van der Waals surface area contributed by atoms with Crippen molar-refractivity contribution < 1.29 is 14.3 Å². The van der Waals surface area contributed by atoms with Gasteiger partial charge >= 0.3 is 6.09 Å². The van der Waals surface area contributed by atoms with Gasteiger partial charge in [0, 0.05) is 38.8 Å². The first-order chi connectivity index (χ1) is 14.8. The molecule has 180 valence electrons. The SMILES string of the molecule is CN=C(NCc1cccc(C(=O)NCCN(C)C)c1)NCC(C)(C)NC(=O)OC(C)(C)C. The zero-order chi connectivity index (χ0) is 24.4. The van der Waals surface area contributed by atoms with Gasteiger partial charge in [0.1, 0.15) is 5.60 Å². The standard InChI is InChI=1S/C23H40N6O3/c1-22(2,3)32-21(31)28-23(4,5)16-27-20(24-6)26-15-17-10-9-11-18(14-17)19(30)25-12-13-29(7)8/h9-11,14H,12-13,15-16H2,1-8H3,(H,25,30)(H,28,31)(H2,24,26,27). The lowest BCUT2D eigenvalue weighted by Gasteiger charge is -2.29. The van der Waals surface area contributed by atoms with E-state index in [1.165, 1.54) is 0 Å². The van der Waals surface area contributed by atoms with E-state index in [-0.39, 0.29) is 5.91 Å². The monoisotopic (exact) mass is 448 g/mol. The van der Waals surface area contributed by atoms with E-state index in [1.54, 1.807) is 13.1 Å². The molecule has 0 aliphatic carbocycles. The van der Waals surface area contributed by atoms with Gasteiger partial charge in [-0.25, -0.2) is 4.79 Å². The topological polar surface area (TPSA) is 107 Å². The number of ether oxygens (including phenoxy) is 1. The molecule has 0 saturated heterocycles. The number of guanidine groups is 1. The maximum Gasteiger partial charge on any atom is 0.408 e. The maximum absolute atomic E-state index is 12.3. The van der Waals surface area contributed by atoms with Crippen LogP contribution in [0.1, 0.15) is 50.5 Å². The number of rotatable bonds is 9. The van der Waals surface area contributed by atoms with Crippen LogP contribution in [0.15, 0.2) is 29.3 Å². The average molecular weight is 449 g/mol. The van der Waals surface area contributed by atoms with Crippen LogP contribution in [0.4, 0.5) is 4.79 Å². The van der Waals surface area contributed by atoms with Gasteiger partial charge in [0.25, 0.3) is 5.91 Å². The number of nitrogens with zero attached hydrogens (tertiary/aromatic N) is 2. The lowest BCUT2D eigenvalue weighted by molar-refractivity contribution is 0.0473. The molecule has 0 aliphatic heterocycles. The highest BCUT2D eigenvalue weighted by molar-refractivity contribution is 5.94. The van der Waals surface area contributed by atoms with E-state index in [2.05, 4.69) is 26.3 Å². The maximum atomic E-state index is 12.3. The Kier molecular flexibility index (Phi) is 10.5. The molecule has 0 heterocycles. The van der Waals surface area contributed by atoms with Crippen LogP contribution >= 0.6 is 0 Å². The fourth-order valence-corrected chi connectivity index (χ4v) is 2.65. The lowest BCUT2D eigenvalue weighted by Crippen LogP contribution is -2.54. The Morgan fingerprint density at radius 1 is 1.06 bits per heavy atom. The molecule has 1 aromatic rings. The van der Waals surface area contributed by atoms with Gasteiger partial charge in [0.2, 0.25) is 0 Å². The fraction of sp³-hybridized carbons (Fsp3) is 0.609. The molecular weight excluding hydrogens is 408 g/mol. The number of benzene rings is 1. The van der Waals surface area contributed by atoms with Crippen molar-refractivity contribution in [3.63, 3.8) is 0 Å². The summed E-state index contributed by atoms with van der Waals surface area (Å²) in [5, 5.41) is 12.2. The van der Waals surface area contributed by atoms with Crippen molar-refractivity contribution in [1.29, 1.82) is 0 Å². The summed E-state index contributed by atoms with van der Waals surface area (Å²) in [6.45, 7) is 11.6. The summed E-state index contributed by atoms with van der Waals surface area (Å²) in [6, 6.07) is 7.47. The molecule has 1 rings (SSSR count). The molecule has 0 radical (unpaired) electrons. The van der Waals surface area contributed by atoms with Gasteiger partial charge in [-0.3, -0.25) is 9.79 Å². The second-order valence-electron chi connectivity index (χ2n) is 9.55. The number of hydrogen-bond acceptors (Lipinski definition) is 5. The van der Waals surface area contributed by atoms with Gasteiger partial charge in [0.05, 0.1) is 5.54 Å². The van der Waals surface area contributed by atoms with Crippen LogP contribution in [0.5, 0.6) is 0 Å². The van der Waals surface area contributed by atoms with E-state index in [0.29, 0.717) is 31.2 Å². The third kappa shape index (κ3) is 11.5. The molecule has 1 aromatic carbocycles. The van der Waals surface area contributed by atoms with E-state index in [0.717, 1.165) is 12.1 Å². The number of aliphatic imine (C=N–C) groups is 1. The van der Waals surface area contributed by atoms with Gasteiger partial charge in [-0.05, 0) is 66.4 Å². The van der Waals surface area contributed by atoms with Crippen molar-refractivity contribution in [3.05, 3.63) is 35.4 Å². The number of likely N-dealkylation sites (N-methyl/N-ethyl adjacent to an activating group) is 1. The molecule has 0 bridgehead atoms. The largest absolute Gasteiger partial charge is 0.444 e. The van der Waals surface area contributed by atoms with Crippen LogP contribution in [0.2, 0.25) is 0 Å². The van der Waals surface area contributed by atoms with Crippen molar-refractivity contribution in [2.75, 3.05) is 40.8 Å². The number of alkyl carbamates (subject to hydrolysis) is 1.